The summed E-state index contributed by atoms with van der Waals surface area (Å²) in [6.45, 7) is 10.7. The maximum atomic E-state index is 13.3. The summed E-state index contributed by atoms with van der Waals surface area (Å²) in [5.74, 6) is -0.152. The minimum atomic E-state index is -0.152. The molecule has 0 bridgehead atoms. The summed E-state index contributed by atoms with van der Waals surface area (Å²) in [7, 11) is 0. The molecule has 0 aliphatic carbocycles. The zero-order chi connectivity index (χ0) is 14.0. The summed E-state index contributed by atoms with van der Waals surface area (Å²) in [6, 6.07) is 5.55. The van der Waals surface area contributed by atoms with Crippen molar-refractivity contribution in [2.24, 2.45) is 0 Å². The number of aryl methyl sites for hydroxylation is 1. The molecule has 1 unspecified atom stereocenters. The van der Waals surface area contributed by atoms with Crippen LogP contribution in [0.1, 0.15) is 39.2 Å². The SMILES string of the molecule is CCC1(CC)CN(c2ccc(F)cc2C)C(C)CN1. The third-order valence-electron chi connectivity index (χ3n) is 4.60. The highest BCUT2D eigenvalue weighted by Crippen LogP contribution is 2.29. The highest BCUT2D eigenvalue weighted by atomic mass is 19.1. The standard InChI is InChI=1S/C16H25FN2/c1-5-16(6-2)11-19(13(4)10-18-16)15-8-7-14(17)9-12(15)3/h7-9,13,18H,5-6,10-11H2,1-4H3. The van der Waals surface area contributed by atoms with Crippen molar-refractivity contribution < 1.29 is 4.39 Å². The monoisotopic (exact) mass is 264 g/mol. The molecule has 0 amide bonds. The maximum absolute atomic E-state index is 13.3. The molecule has 1 aliphatic heterocycles. The van der Waals surface area contributed by atoms with Gasteiger partial charge in [0.25, 0.3) is 0 Å². The molecule has 0 radical (unpaired) electrons. The third-order valence-corrected chi connectivity index (χ3v) is 4.60. The van der Waals surface area contributed by atoms with Crippen molar-refractivity contribution in [3.8, 4) is 0 Å². The smallest absolute Gasteiger partial charge is 0.123 e. The molecule has 1 aromatic carbocycles. The van der Waals surface area contributed by atoms with Gasteiger partial charge in [0.05, 0.1) is 0 Å². The second-order valence-corrected chi connectivity index (χ2v) is 5.78. The fourth-order valence-corrected chi connectivity index (χ4v) is 3.00. The molecule has 1 aromatic rings. The number of anilines is 1. The lowest BCUT2D eigenvalue weighted by Crippen LogP contribution is -2.63. The second kappa shape index (κ2) is 5.49. The molecule has 1 aliphatic rings. The number of hydrogen-bond acceptors (Lipinski definition) is 2. The number of piperazine rings is 1. The number of rotatable bonds is 3. The predicted octanol–water partition coefficient (Wildman–Crippen LogP) is 3.49. The van der Waals surface area contributed by atoms with Gasteiger partial charge in [-0.15, -0.1) is 0 Å². The zero-order valence-corrected chi connectivity index (χ0v) is 12.5. The van der Waals surface area contributed by atoms with Crippen molar-refractivity contribution in [3.05, 3.63) is 29.6 Å². The van der Waals surface area contributed by atoms with Gasteiger partial charge in [-0.05, 0) is 50.5 Å². The predicted molar refractivity (Wildman–Crippen MR) is 79.3 cm³/mol. The van der Waals surface area contributed by atoms with E-state index in [1.807, 2.05) is 13.0 Å². The first-order chi connectivity index (χ1) is 9.01. The van der Waals surface area contributed by atoms with Crippen LogP contribution in [0.3, 0.4) is 0 Å². The molecule has 1 N–H and O–H groups in total. The van der Waals surface area contributed by atoms with Gasteiger partial charge in [0.1, 0.15) is 5.82 Å². The van der Waals surface area contributed by atoms with Crippen LogP contribution in [-0.2, 0) is 0 Å². The summed E-state index contributed by atoms with van der Waals surface area (Å²) < 4.78 is 13.3. The van der Waals surface area contributed by atoms with Crippen LogP contribution in [0.5, 0.6) is 0 Å². The topological polar surface area (TPSA) is 15.3 Å². The molecule has 19 heavy (non-hydrogen) atoms. The molecular formula is C16H25FN2. The Balaban J connectivity index is 2.31. The van der Waals surface area contributed by atoms with Crippen molar-refractivity contribution in [1.82, 2.24) is 5.32 Å². The van der Waals surface area contributed by atoms with Crippen LogP contribution < -0.4 is 10.2 Å². The van der Waals surface area contributed by atoms with Gasteiger partial charge < -0.3 is 10.2 Å². The van der Waals surface area contributed by atoms with E-state index in [9.17, 15) is 4.39 Å². The van der Waals surface area contributed by atoms with Gasteiger partial charge in [0, 0.05) is 30.4 Å². The van der Waals surface area contributed by atoms with Crippen LogP contribution in [0, 0.1) is 12.7 Å². The fraction of sp³-hybridized carbons (Fsp3) is 0.625. The lowest BCUT2D eigenvalue weighted by atomic mass is 9.88. The van der Waals surface area contributed by atoms with Crippen molar-refractivity contribution in [1.29, 1.82) is 0 Å². The molecule has 1 atom stereocenters. The summed E-state index contributed by atoms with van der Waals surface area (Å²) >= 11 is 0. The van der Waals surface area contributed by atoms with Gasteiger partial charge in [0.15, 0.2) is 0 Å². The first-order valence-corrected chi connectivity index (χ1v) is 7.29. The third kappa shape index (κ3) is 2.76. The second-order valence-electron chi connectivity index (χ2n) is 5.78. The van der Waals surface area contributed by atoms with E-state index in [0.717, 1.165) is 31.5 Å². The molecule has 2 nitrogen and oxygen atoms in total. The first kappa shape index (κ1) is 14.3. The molecule has 2 rings (SSSR count). The normalized spacial score (nSPS) is 22.6. The Morgan fingerprint density at radius 2 is 2.05 bits per heavy atom. The number of hydrogen-bond donors (Lipinski definition) is 1. The van der Waals surface area contributed by atoms with Crippen molar-refractivity contribution in [3.63, 3.8) is 0 Å². The Hall–Kier alpha value is -1.09. The van der Waals surface area contributed by atoms with Gasteiger partial charge in [-0.2, -0.15) is 0 Å². The number of nitrogens with zero attached hydrogens (tertiary/aromatic N) is 1. The van der Waals surface area contributed by atoms with Crippen molar-refractivity contribution in [2.75, 3.05) is 18.0 Å². The Labute approximate surface area is 116 Å². The van der Waals surface area contributed by atoms with E-state index in [1.54, 1.807) is 12.1 Å². The van der Waals surface area contributed by atoms with Crippen LogP contribution in [-0.4, -0.2) is 24.7 Å². The summed E-state index contributed by atoms with van der Waals surface area (Å²) in [6.07, 6.45) is 2.24. The van der Waals surface area contributed by atoms with E-state index < -0.39 is 0 Å². The van der Waals surface area contributed by atoms with Gasteiger partial charge >= 0.3 is 0 Å². The van der Waals surface area contributed by atoms with Crippen LogP contribution >= 0.6 is 0 Å². The van der Waals surface area contributed by atoms with E-state index in [1.165, 1.54) is 5.69 Å². The molecule has 0 aromatic heterocycles. The Bertz CT molecular complexity index is 440. The van der Waals surface area contributed by atoms with E-state index >= 15 is 0 Å². The van der Waals surface area contributed by atoms with E-state index in [-0.39, 0.29) is 11.4 Å². The fourth-order valence-electron chi connectivity index (χ4n) is 3.00. The minimum Gasteiger partial charge on any atom is -0.365 e. The number of nitrogens with one attached hydrogen (secondary N) is 1. The highest BCUT2D eigenvalue weighted by Gasteiger charge is 2.35. The van der Waals surface area contributed by atoms with Gasteiger partial charge in [0.2, 0.25) is 0 Å². The van der Waals surface area contributed by atoms with E-state index in [2.05, 4.69) is 31.0 Å². The minimum absolute atomic E-state index is 0.152. The van der Waals surface area contributed by atoms with Crippen LogP contribution in [0.2, 0.25) is 0 Å². The molecule has 106 valence electrons. The Morgan fingerprint density at radius 3 is 2.63 bits per heavy atom. The van der Waals surface area contributed by atoms with E-state index in [0.29, 0.717) is 6.04 Å². The summed E-state index contributed by atoms with van der Waals surface area (Å²) in [5.41, 5.74) is 2.38. The molecular weight excluding hydrogens is 239 g/mol. The maximum Gasteiger partial charge on any atom is 0.123 e. The average Bonchev–Trinajstić information content (AvgIpc) is 2.41. The van der Waals surface area contributed by atoms with Crippen molar-refractivity contribution >= 4 is 5.69 Å². The van der Waals surface area contributed by atoms with Gasteiger partial charge in [-0.1, -0.05) is 13.8 Å². The molecule has 0 spiro atoms. The van der Waals surface area contributed by atoms with Gasteiger partial charge in [-0.25, -0.2) is 4.39 Å². The highest BCUT2D eigenvalue weighted by molar-refractivity contribution is 5.55. The molecule has 1 fully saturated rings. The zero-order valence-electron chi connectivity index (χ0n) is 12.5. The summed E-state index contributed by atoms with van der Waals surface area (Å²) in [5, 5.41) is 3.70. The van der Waals surface area contributed by atoms with Gasteiger partial charge in [-0.3, -0.25) is 0 Å². The summed E-state index contributed by atoms with van der Waals surface area (Å²) in [4.78, 5) is 2.43. The molecule has 1 saturated heterocycles. The molecule has 1 heterocycles. The first-order valence-electron chi connectivity index (χ1n) is 7.29. The lowest BCUT2D eigenvalue weighted by molar-refractivity contribution is 0.253. The number of halogens is 1. The van der Waals surface area contributed by atoms with Crippen LogP contribution in [0.4, 0.5) is 10.1 Å². The van der Waals surface area contributed by atoms with Crippen LogP contribution in [0.15, 0.2) is 18.2 Å². The quantitative estimate of drug-likeness (QED) is 0.899. The average molecular weight is 264 g/mol. The lowest BCUT2D eigenvalue weighted by Gasteiger charge is -2.48. The van der Waals surface area contributed by atoms with Crippen molar-refractivity contribution in [2.45, 2.75) is 52.1 Å². The number of benzene rings is 1. The van der Waals surface area contributed by atoms with Crippen LogP contribution in [0.25, 0.3) is 0 Å². The largest absolute Gasteiger partial charge is 0.365 e. The Kier molecular flexibility index (Phi) is 4.14. The molecule has 3 heteroatoms. The molecule has 0 saturated carbocycles. The Morgan fingerprint density at radius 1 is 1.37 bits per heavy atom. The van der Waals surface area contributed by atoms with E-state index in [4.69, 9.17) is 0 Å².